The molecule has 0 spiro atoms. The van der Waals surface area contributed by atoms with E-state index in [1.807, 2.05) is 65.4 Å². The molecule has 6 heteroatoms. The summed E-state index contributed by atoms with van der Waals surface area (Å²) in [6, 6.07) is 17.3. The number of hydrogen-bond donors (Lipinski definition) is 1. The zero-order valence-corrected chi connectivity index (χ0v) is 14.9. The topological polar surface area (TPSA) is 58.8 Å². The van der Waals surface area contributed by atoms with Gasteiger partial charge in [0.2, 0.25) is 0 Å². The number of hydrazone groups is 1. The van der Waals surface area contributed by atoms with E-state index in [4.69, 9.17) is 0 Å². The molecule has 0 aliphatic heterocycles. The molecule has 0 saturated carbocycles. The van der Waals surface area contributed by atoms with E-state index in [-0.39, 0.29) is 5.91 Å². The summed E-state index contributed by atoms with van der Waals surface area (Å²) >= 11 is 1.56. The predicted octanol–water partition coefficient (Wildman–Crippen LogP) is 4.14. The van der Waals surface area contributed by atoms with E-state index >= 15 is 0 Å². The van der Waals surface area contributed by atoms with Crippen LogP contribution in [0.5, 0.6) is 0 Å². The molecule has 4 rings (SSSR count). The fourth-order valence-electron chi connectivity index (χ4n) is 2.66. The largest absolute Gasteiger partial charge is 0.289 e. The minimum Gasteiger partial charge on any atom is -0.289 e. The predicted molar refractivity (Wildman–Crippen MR) is 105 cm³/mol. The van der Waals surface area contributed by atoms with Gasteiger partial charge in [0.15, 0.2) is 4.96 Å². The number of rotatable bonds is 4. The molecule has 1 amide bonds. The maximum atomic E-state index is 12.2. The molecule has 2 heterocycles. The SMILES string of the molecule is Cc1ccc(C(=O)N/N=C/c2c(-c3ccccc3)nc3sccn23)cc1. The molecule has 0 aliphatic carbocycles. The lowest BCUT2D eigenvalue weighted by molar-refractivity contribution is 0.0955. The second kappa shape index (κ2) is 6.93. The quantitative estimate of drug-likeness (QED) is 0.439. The number of carbonyl (C=O) groups excluding carboxylic acids is 1. The van der Waals surface area contributed by atoms with Crippen LogP contribution in [-0.2, 0) is 0 Å². The molecule has 0 unspecified atom stereocenters. The van der Waals surface area contributed by atoms with E-state index in [0.717, 1.165) is 27.5 Å². The summed E-state index contributed by atoms with van der Waals surface area (Å²) in [6.45, 7) is 1.98. The number of nitrogens with one attached hydrogen (secondary N) is 1. The number of hydrogen-bond acceptors (Lipinski definition) is 4. The Bertz CT molecular complexity index is 1080. The van der Waals surface area contributed by atoms with Crippen LogP contribution < -0.4 is 5.43 Å². The lowest BCUT2D eigenvalue weighted by atomic mass is 10.1. The summed E-state index contributed by atoms with van der Waals surface area (Å²) in [5.74, 6) is -0.242. The number of fused-ring (bicyclic) bond motifs is 1. The first-order valence-corrected chi connectivity index (χ1v) is 9.01. The van der Waals surface area contributed by atoms with Crippen molar-refractivity contribution in [2.45, 2.75) is 6.92 Å². The van der Waals surface area contributed by atoms with Crippen molar-refractivity contribution in [2.75, 3.05) is 0 Å². The number of benzene rings is 2. The van der Waals surface area contributed by atoms with Gasteiger partial charge in [0.25, 0.3) is 5.91 Å². The summed E-state index contributed by atoms with van der Waals surface area (Å²) in [6.07, 6.45) is 3.59. The van der Waals surface area contributed by atoms with Crippen molar-refractivity contribution in [2.24, 2.45) is 5.10 Å². The number of amides is 1. The molecule has 128 valence electrons. The minimum atomic E-state index is -0.242. The Balaban J connectivity index is 1.62. The molecule has 0 aliphatic rings. The van der Waals surface area contributed by atoms with Crippen LogP contribution in [-0.4, -0.2) is 21.5 Å². The summed E-state index contributed by atoms with van der Waals surface area (Å²) in [5.41, 5.74) is 6.95. The highest BCUT2D eigenvalue weighted by Crippen LogP contribution is 2.25. The number of aryl methyl sites for hydroxylation is 1. The zero-order chi connectivity index (χ0) is 17.9. The zero-order valence-electron chi connectivity index (χ0n) is 14.1. The van der Waals surface area contributed by atoms with E-state index in [2.05, 4.69) is 15.5 Å². The van der Waals surface area contributed by atoms with Crippen LogP contribution in [0.1, 0.15) is 21.6 Å². The van der Waals surface area contributed by atoms with E-state index < -0.39 is 0 Å². The van der Waals surface area contributed by atoms with Gasteiger partial charge in [-0.25, -0.2) is 10.4 Å². The highest BCUT2D eigenvalue weighted by molar-refractivity contribution is 7.15. The molecule has 0 radical (unpaired) electrons. The van der Waals surface area contributed by atoms with Crippen molar-refractivity contribution >= 4 is 28.4 Å². The summed E-state index contributed by atoms with van der Waals surface area (Å²) in [5, 5.41) is 6.12. The smallest absolute Gasteiger partial charge is 0.271 e. The third kappa shape index (κ3) is 3.14. The van der Waals surface area contributed by atoms with Gasteiger partial charge in [-0.15, -0.1) is 11.3 Å². The van der Waals surface area contributed by atoms with Gasteiger partial charge in [-0.1, -0.05) is 48.0 Å². The second-order valence-corrected chi connectivity index (χ2v) is 6.71. The molecule has 0 atom stereocenters. The van der Waals surface area contributed by atoms with E-state index in [9.17, 15) is 4.79 Å². The van der Waals surface area contributed by atoms with Gasteiger partial charge in [-0.05, 0) is 19.1 Å². The Morgan fingerprint density at radius 1 is 1.15 bits per heavy atom. The standard InChI is InChI=1S/C20H16N4OS/c1-14-7-9-16(10-8-14)19(25)23-21-13-17-18(15-5-3-2-4-6-15)22-20-24(17)11-12-26-20/h2-13H,1H3,(H,23,25)/b21-13+. The van der Waals surface area contributed by atoms with Gasteiger partial charge in [0.05, 0.1) is 17.6 Å². The maximum Gasteiger partial charge on any atom is 0.271 e. The molecular weight excluding hydrogens is 344 g/mol. The van der Waals surface area contributed by atoms with Crippen LogP contribution in [0.3, 0.4) is 0 Å². The minimum absolute atomic E-state index is 0.242. The van der Waals surface area contributed by atoms with Gasteiger partial charge >= 0.3 is 0 Å². The molecule has 5 nitrogen and oxygen atoms in total. The first-order chi connectivity index (χ1) is 12.7. The van der Waals surface area contributed by atoms with Crippen LogP contribution in [0.2, 0.25) is 0 Å². The summed E-state index contributed by atoms with van der Waals surface area (Å²) in [4.78, 5) is 17.8. The van der Waals surface area contributed by atoms with E-state index in [0.29, 0.717) is 5.56 Å². The van der Waals surface area contributed by atoms with Gasteiger partial charge in [-0.3, -0.25) is 9.20 Å². The van der Waals surface area contributed by atoms with Crippen molar-refractivity contribution in [1.82, 2.24) is 14.8 Å². The summed E-state index contributed by atoms with van der Waals surface area (Å²) in [7, 11) is 0. The Morgan fingerprint density at radius 3 is 2.69 bits per heavy atom. The van der Waals surface area contributed by atoms with Crippen molar-refractivity contribution in [3.8, 4) is 11.3 Å². The monoisotopic (exact) mass is 360 g/mol. The van der Waals surface area contributed by atoms with Gasteiger partial charge in [-0.2, -0.15) is 5.10 Å². The number of imidazole rings is 1. The third-order valence-electron chi connectivity index (χ3n) is 4.01. The first kappa shape index (κ1) is 16.2. The average molecular weight is 360 g/mol. The Morgan fingerprint density at radius 2 is 1.92 bits per heavy atom. The van der Waals surface area contributed by atoms with E-state index in [1.54, 1.807) is 29.7 Å². The molecule has 2 aromatic carbocycles. The molecule has 26 heavy (non-hydrogen) atoms. The van der Waals surface area contributed by atoms with Crippen LogP contribution in [0.4, 0.5) is 0 Å². The first-order valence-electron chi connectivity index (χ1n) is 8.13. The Labute approximate surface area is 154 Å². The van der Waals surface area contributed by atoms with Crippen molar-refractivity contribution in [3.63, 3.8) is 0 Å². The van der Waals surface area contributed by atoms with Crippen molar-refractivity contribution in [1.29, 1.82) is 0 Å². The molecule has 2 aromatic heterocycles. The molecule has 0 bridgehead atoms. The lowest BCUT2D eigenvalue weighted by Crippen LogP contribution is -2.17. The number of aromatic nitrogens is 2. The Hall–Kier alpha value is -3.25. The van der Waals surface area contributed by atoms with Crippen LogP contribution in [0.15, 0.2) is 71.3 Å². The van der Waals surface area contributed by atoms with Crippen LogP contribution >= 0.6 is 11.3 Å². The highest BCUT2D eigenvalue weighted by atomic mass is 32.1. The van der Waals surface area contributed by atoms with Crippen LogP contribution in [0, 0.1) is 6.92 Å². The molecule has 4 aromatic rings. The number of carbonyl (C=O) groups is 1. The Kier molecular flexibility index (Phi) is 4.33. The fraction of sp³-hybridized carbons (Fsp3) is 0.0500. The molecular formula is C20H16N4OS. The normalized spacial score (nSPS) is 11.3. The molecule has 1 N–H and O–H groups in total. The third-order valence-corrected chi connectivity index (χ3v) is 4.77. The number of thiazole rings is 1. The van der Waals surface area contributed by atoms with Gasteiger partial charge < -0.3 is 0 Å². The number of nitrogens with zero attached hydrogens (tertiary/aromatic N) is 3. The van der Waals surface area contributed by atoms with Crippen molar-refractivity contribution in [3.05, 3.63) is 83.0 Å². The fourth-order valence-corrected chi connectivity index (χ4v) is 3.38. The van der Waals surface area contributed by atoms with Crippen LogP contribution in [0.25, 0.3) is 16.2 Å². The van der Waals surface area contributed by atoms with Crippen molar-refractivity contribution < 1.29 is 4.79 Å². The van der Waals surface area contributed by atoms with Gasteiger partial charge in [0.1, 0.15) is 0 Å². The molecule has 0 saturated heterocycles. The van der Waals surface area contributed by atoms with E-state index in [1.165, 1.54) is 0 Å². The highest BCUT2D eigenvalue weighted by Gasteiger charge is 2.13. The summed E-state index contributed by atoms with van der Waals surface area (Å²) < 4.78 is 1.97. The maximum absolute atomic E-state index is 12.2. The lowest BCUT2D eigenvalue weighted by Gasteiger charge is -2.01. The van der Waals surface area contributed by atoms with Gasteiger partial charge in [0, 0.05) is 22.7 Å². The molecule has 0 fully saturated rings. The average Bonchev–Trinajstić information content (AvgIpc) is 3.25. The second-order valence-electron chi connectivity index (χ2n) is 5.83.